The molecule has 0 saturated heterocycles. The fourth-order valence-electron chi connectivity index (χ4n) is 2.33. The Bertz CT molecular complexity index is 984. The van der Waals surface area contributed by atoms with E-state index in [0.29, 0.717) is 29.3 Å². The van der Waals surface area contributed by atoms with Crippen molar-refractivity contribution in [2.24, 2.45) is 0 Å². The Morgan fingerprint density at radius 2 is 2.04 bits per heavy atom. The summed E-state index contributed by atoms with van der Waals surface area (Å²) >= 11 is 3.31. The maximum absolute atomic E-state index is 12.3. The largest absolute Gasteiger partial charge is 0.493 e. The van der Waals surface area contributed by atoms with Crippen molar-refractivity contribution in [1.29, 1.82) is 0 Å². The monoisotopic (exact) mass is 402 g/mol. The van der Waals surface area contributed by atoms with Gasteiger partial charge in [-0.15, -0.1) is 0 Å². The molecule has 0 spiro atoms. The van der Waals surface area contributed by atoms with Crippen molar-refractivity contribution >= 4 is 27.5 Å². The van der Waals surface area contributed by atoms with Crippen molar-refractivity contribution in [2.45, 2.75) is 13.5 Å². The Balaban J connectivity index is 1.80. The fourth-order valence-corrected chi connectivity index (χ4v) is 2.67. The van der Waals surface area contributed by atoms with E-state index in [-0.39, 0.29) is 12.2 Å². The minimum Gasteiger partial charge on any atom is -0.493 e. The van der Waals surface area contributed by atoms with Gasteiger partial charge in [-0.1, -0.05) is 12.1 Å². The minimum atomic E-state index is -0.526. The Morgan fingerprint density at radius 1 is 1.24 bits per heavy atom. The molecule has 3 aromatic rings. The number of nitrogens with zero attached hydrogens (tertiary/aromatic N) is 2. The van der Waals surface area contributed by atoms with E-state index in [0.717, 1.165) is 4.47 Å². The zero-order valence-electron chi connectivity index (χ0n) is 13.4. The molecule has 0 aliphatic rings. The van der Waals surface area contributed by atoms with E-state index >= 15 is 0 Å². The second-order valence-corrected chi connectivity index (χ2v) is 6.08. The van der Waals surface area contributed by atoms with Crippen LogP contribution in [0.5, 0.6) is 5.75 Å². The molecule has 2 aromatic heterocycles. The van der Waals surface area contributed by atoms with Gasteiger partial charge in [0.05, 0.1) is 12.3 Å². The van der Waals surface area contributed by atoms with Crippen LogP contribution in [0, 0.1) is 0 Å². The van der Waals surface area contributed by atoms with Crippen LogP contribution in [0.2, 0.25) is 0 Å². The fraction of sp³-hybridized carbons (Fsp3) is 0.167. The van der Waals surface area contributed by atoms with E-state index in [4.69, 9.17) is 9.47 Å². The summed E-state index contributed by atoms with van der Waals surface area (Å²) in [5.41, 5.74) is 0.962. The van der Waals surface area contributed by atoms with Crippen LogP contribution in [0.15, 0.2) is 57.9 Å². The van der Waals surface area contributed by atoms with Crippen LogP contribution < -0.4 is 10.3 Å². The van der Waals surface area contributed by atoms with Gasteiger partial charge >= 0.3 is 5.97 Å². The van der Waals surface area contributed by atoms with Gasteiger partial charge in [0.1, 0.15) is 23.6 Å². The van der Waals surface area contributed by atoms with Gasteiger partial charge in [-0.2, -0.15) is 0 Å². The third-order valence-corrected chi connectivity index (χ3v) is 3.90. The zero-order chi connectivity index (χ0) is 17.8. The van der Waals surface area contributed by atoms with E-state index in [1.54, 1.807) is 42.6 Å². The Kier molecular flexibility index (Phi) is 5.14. The van der Waals surface area contributed by atoms with Crippen LogP contribution in [0.3, 0.4) is 0 Å². The number of fused-ring (bicyclic) bond motifs is 1. The van der Waals surface area contributed by atoms with Gasteiger partial charge in [-0.25, -0.2) is 9.78 Å². The molecule has 25 heavy (non-hydrogen) atoms. The summed E-state index contributed by atoms with van der Waals surface area (Å²) in [5.74, 6) is -0.0618. The van der Waals surface area contributed by atoms with E-state index in [1.165, 1.54) is 10.5 Å². The number of para-hydroxylation sites is 1. The molecule has 0 fully saturated rings. The van der Waals surface area contributed by atoms with Crippen LogP contribution in [-0.2, 0) is 11.3 Å². The standard InChI is InChI=1S/C18H15BrN2O4/c1-2-24-15-6-4-3-5-14(15)18(23)25-11-13-9-17(22)21-10-12(19)7-8-16(21)20-13/h3-10H,2,11H2,1H3. The summed E-state index contributed by atoms with van der Waals surface area (Å²) in [4.78, 5) is 28.8. The van der Waals surface area contributed by atoms with Gasteiger partial charge in [0.2, 0.25) is 0 Å². The molecule has 0 aliphatic heterocycles. The van der Waals surface area contributed by atoms with Gasteiger partial charge in [-0.05, 0) is 47.1 Å². The third kappa shape index (κ3) is 3.88. The third-order valence-electron chi connectivity index (χ3n) is 3.43. The molecule has 0 N–H and O–H groups in total. The summed E-state index contributed by atoms with van der Waals surface area (Å²) < 4.78 is 12.9. The summed E-state index contributed by atoms with van der Waals surface area (Å²) in [6, 6.07) is 11.7. The number of halogens is 1. The lowest BCUT2D eigenvalue weighted by Gasteiger charge is -2.10. The smallest absolute Gasteiger partial charge is 0.342 e. The number of hydrogen-bond acceptors (Lipinski definition) is 5. The second kappa shape index (κ2) is 7.48. The molecule has 0 unspecified atom stereocenters. The topological polar surface area (TPSA) is 69.9 Å². The molecule has 128 valence electrons. The predicted molar refractivity (Wildman–Crippen MR) is 95.9 cm³/mol. The number of benzene rings is 1. The summed E-state index contributed by atoms with van der Waals surface area (Å²) in [6.07, 6.45) is 1.64. The number of esters is 1. The molecule has 0 aliphatic carbocycles. The second-order valence-electron chi connectivity index (χ2n) is 5.17. The number of ether oxygens (including phenoxy) is 2. The summed E-state index contributed by atoms with van der Waals surface area (Å²) in [7, 11) is 0. The first-order valence-electron chi connectivity index (χ1n) is 7.65. The first kappa shape index (κ1) is 17.2. The molecule has 0 atom stereocenters. The lowest BCUT2D eigenvalue weighted by Crippen LogP contribution is -2.16. The molecule has 3 rings (SSSR count). The molecular formula is C18H15BrN2O4. The van der Waals surface area contributed by atoms with E-state index in [2.05, 4.69) is 20.9 Å². The van der Waals surface area contributed by atoms with Crippen molar-refractivity contribution in [1.82, 2.24) is 9.38 Å². The van der Waals surface area contributed by atoms with Crippen LogP contribution in [0.4, 0.5) is 0 Å². The van der Waals surface area contributed by atoms with Crippen molar-refractivity contribution < 1.29 is 14.3 Å². The van der Waals surface area contributed by atoms with Crippen molar-refractivity contribution in [3.63, 3.8) is 0 Å². The maximum atomic E-state index is 12.3. The zero-order valence-corrected chi connectivity index (χ0v) is 15.0. The van der Waals surface area contributed by atoms with E-state index in [9.17, 15) is 9.59 Å². The van der Waals surface area contributed by atoms with Crippen LogP contribution in [0.1, 0.15) is 23.0 Å². The molecule has 2 heterocycles. The highest BCUT2D eigenvalue weighted by Gasteiger charge is 2.14. The molecule has 0 amide bonds. The summed E-state index contributed by atoms with van der Waals surface area (Å²) in [6.45, 7) is 2.19. The lowest BCUT2D eigenvalue weighted by atomic mass is 10.2. The molecule has 7 heteroatoms. The van der Waals surface area contributed by atoms with E-state index in [1.807, 2.05) is 6.92 Å². The lowest BCUT2D eigenvalue weighted by molar-refractivity contribution is 0.0463. The SMILES string of the molecule is CCOc1ccccc1C(=O)OCc1cc(=O)n2cc(Br)ccc2n1. The Labute approximate surface area is 152 Å². The highest BCUT2D eigenvalue weighted by atomic mass is 79.9. The highest BCUT2D eigenvalue weighted by molar-refractivity contribution is 9.10. The number of aromatic nitrogens is 2. The number of rotatable bonds is 5. The predicted octanol–water partition coefficient (Wildman–Crippen LogP) is 3.21. The van der Waals surface area contributed by atoms with Crippen molar-refractivity contribution in [2.75, 3.05) is 6.61 Å². The number of hydrogen-bond donors (Lipinski definition) is 0. The number of pyridine rings is 1. The normalized spacial score (nSPS) is 10.6. The number of carbonyl (C=O) groups is 1. The summed E-state index contributed by atoms with van der Waals surface area (Å²) in [5, 5.41) is 0. The van der Waals surface area contributed by atoms with E-state index < -0.39 is 5.97 Å². The van der Waals surface area contributed by atoms with Crippen LogP contribution >= 0.6 is 15.9 Å². The average molecular weight is 403 g/mol. The first-order valence-corrected chi connectivity index (χ1v) is 8.44. The molecule has 0 radical (unpaired) electrons. The minimum absolute atomic E-state index is 0.0961. The Hall–Kier alpha value is -2.67. The van der Waals surface area contributed by atoms with Crippen molar-refractivity contribution in [3.8, 4) is 5.75 Å². The molecule has 1 aromatic carbocycles. The molecule has 6 nitrogen and oxygen atoms in total. The molecular weight excluding hydrogens is 388 g/mol. The highest BCUT2D eigenvalue weighted by Crippen LogP contribution is 2.19. The maximum Gasteiger partial charge on any atom is 0.342 e. The average Bonchev–Trinajstić information content (AvgIpc) is 2.61. The molecule has 0 saturated carbocycles. The van der Waals surface area contributed by atoms with Gasteiger partial charge in [0.15, 0.2) is 0 Å². The van der Waals surface area contributed by atoms with Crippen LogP contribution in [-0.4, -0.2) is 22.0 Å². The molecule has 0 bridgehead atoms. The van der Waals surface area contributed by atoms with Gasteiger partial charge in [-0.3, -0.25) is 9.20 Å². The van der Waals surface area contributed by atoms with Gasteiger partial charge in [0.25, 0.3) is 5.56 Å². The number of carbonyl (C=O) groups excluding carboxylic acids is 1. The Morgan fingerprint density at radius 3 is 2.84 bits per heavy atom. The quantitative estimate of drug-likeness (QED) is 0.612. The van der Waals surface area contributed by atoms with Gasteiger partial charge in [0, 0.05) is 16.7 Å². The van der Waals surface area contributed by atoms with Gasteiger partial charge < -0.3 is 9.47 Å². The van der Waals surface area contributed by atoms with Crippen molar-refractivity contribution in [3.05, 3.63) is 74.7 Å². The first-order chi connectivity index (χ1) is 12.1. The van der Waals surface area contributed by atoms with Crippen LogP contribution in [0.25, 0.3) is 5.65 Å².